The van der Waals surface area contributed by atoms with Crippen molar-refractivity contribution < 1.29 is 13.9 Å². The largest absolute Gasteiger partial charge is 0.387 e. The van der Waals surface area contributed by atoms with E-state index in [9.17, 15) is 13.9 Å². The lowest BCUT2D eigenvalue weighted by Gasteiger charge is -2.29. The number of halogens is 2. The summed E-state index contributed by atoms with van der Waals surface area (Å²) in [6.07, 6.45) is 6.30. The quantitative estimate of drug-likeness (QED) is 0.833. The molecule has 0 aliphatic heterocycles. The van der Waals surface area contributed by atoms with Gasteiger partial charge in [-0.3, -0.25) is 0 Å². The molecular formula is C17H25F2NO. The molecular weight excluding hydrogens is 272 g/mol. The number of aliphatic hydroxyl groups excluding tert-OH is 1. The molecule has 2 rings (SSSR count). The van der Waals surface area contributed by atoms with Gasteiger partial charge in [0.05, 0.1) is 6.10 Å². The molecule has 0 heterocycles. The molecule has 0 saturated heterocycles. The van der Waals surface area contributed by atoms with E-state index >= 15 is 0 Å². The van der Waals surface area contributed by atoms with E-state index in [1.54, 1.807) is 0 Å². The Morgan fingerprint density at radius 2 is 1.95 bits per heavy atom. The minimum Gasteiger partial charge on any atom is -0.387 e. The summed E-state index contributed by atoms with van der Waals surface area (Å²) in [4.78, 5) is 0. The van der Waals surface area contributed by atoms with Gasteiger partial charge in [-0.2, -0.15) is 0 Å². The Balaban J connectivity index is 1.78. The van der Waals surface area contributed by atoms with Crippen LogP contribution in [0.2, 0.25) is 0 Å². The van der Waals surface area contributed by atoms with Gasteiger partial charge in [-0.1, -0.05) is 25.8 Å². The van der Waals surface area contributed by atoms with Crippen molar-refractivity contribution in [1.82, 2.24) is 5.32 Å². The standard InChI is InChI=1S/C17H25F2NO/c1-2-3-12-4-7-14(8-5-12)20-11-17(21)15-9-6-13(18)10-16(15)19/h6,9-10,12,14,17,20-21H,2-5,7-8,11H2,1H3. The van der Waals surface area contributed by atoms with E-state index in [0.29, 0.717) is 12.6 Å². The van der Waals surface area contributed by atoms with Crippen molar-refractivity contribution in [3.63, 3.8) is 0 Å². The maximum Gasteiger partial charge on any atom is 0.131 e. The van der Waals surface area contributed by atoms with Crippen LogP contribution in [0.3, 0.4) is 0 Å². The van der Waals surface area contributed by atoms with Gasteiger partial charge >= 0.3 is 0 Å². The first-order valence-electron chi connectivity index (χ1n) is 7.96. The normalized spacial score (nSPS) is 24.0. The Kier molecular flexibility index (Phi) is 6.12. The molecule has 21 heavy (non-hydrogen) atoms. The summed E-state index contributed by atoms with van der Waals surface area (Å²) in [5.41, 5.74) is 0.156. The molecule has 1 aromatic rings. The zero-order valence-electron chi connectivity index (χ0n) is 12.6. The third-order valence-electron chi connectivity index (χ3n) is 4.47. The van der Waals surface area contributed by atoms with Crippen LogP contribution in [0.1, 0.15) is 57.1 Å². The number of benzene rings is 1. The number of nitrogens with one attached hydrogen (secondary N) is 1. The minimum absolute atomic E-state index is 0.156. The fraction of sp³-hybridized carbons (Fsp3) is 0.647. The van der Waals surface area contributed by atoms with Crippen molar-refractivity contribution >= 4 is 0 Å². The summed E-state index contributed by atoms with van der Waals surface area (Å²) >= 11 is 0. The smallest absolute Gasteiger partial charge is 0.131 e. The van der Waals surface area contributed by atoms with E-state index in [1.165, 1.54) is 37.8 Å². The van der Waals surface area contributed by atoms with Crippen LogP contribution >= 0.6 is 0 Å². The zero-order valence-corrected chi connectivity index (χ0v) is 12.6. The van der Waals surface area contributed by atoms with E-state index < -0.39 is 17.7 Å². The maximum atomic E-state index is 13.6. The fourth-order valence-electron chi connectivity index (χ4n) is 3.22. The number of hydrogen-bond donors (Lipinski definition) is 2. The van der Waals surface area contributed by atoms with Crippen LogP contribution in [0.25, 0.3) is 0 Å². The Hall–Kier alpha value is -1.00. The van der Waals surface area contributed by atoms with Crippen LogP contribution in [0.15, 0.2) is 18.2 Å². The molecule has 4 heteroatoms. The molecule has 0 aromatic heterocycles. The molecule has 1 atom stereocenters. The van der Waals surface area contributed by atoms with Gasteiger partial charge in [-0.05, 0) is 37.7 Å². The Morgan fingerprint density at radius 3 is 2.57 bits per heavy atom. The van der Waals surface area contributed by atoms with Crippen molar-refractivity contribution in [2.45, 2.75) is 57.6 Å². The summed E-state index contributed by atoms with van der Waals surface area (Å²) in [5.74, 6) is -0.464. The second-order valence-electron chi connectivity index (χ2n) is 6.10. The summed E-state index contributed by atoms with van der Waals surface area (Å²) in [6.45, 7) is 2.53. The molecule has 0 spiro atoms. The first-order chi connectivity index (χ1) is 10.1. The third-order valence-corrected chi connectivity index (χ3v) is 4.47. The van der Waals surface area contributed by atoms with Gasteiger partial charge in [0.1, 0.15) is 11.6 Å². The second-order valence-corrected chi connectivity index (χ2v) is 6.10. The van der Waals surface area contributed by atoms with Gasteiger partial charge in [0.25, 0.3) is 0 Å². The van der Waals surface area contributed by atoms with Crippen LogP contribution in [-0.2, 0) is 0 Å². The van der Waals surface area contributed by atoms with Gasteiger partial charge in [0.2, 0.25) is 0 Å². The summed E-state index contributed by atoms with van der Waals surface area (Å²) in [6, 6.07) is 3.71. The molecule has 1 aliphatic carbocycles. The molecule has 1 fully saturated rings. The molecule has 0 amide bonds. The molecule has 0 radical (unpaired) electrons. The predicted octanol–water partition coefficient (Wildman–Crippen LogP) is 3.95. The second kappa shape index (κ2) is 7.85. The van der Waals surface area contributed by atoms with E-state index in [0.717, 1.165) is 24.8 Å². The average molecular weight is 297 g/mol. The fourth-order valence-corrected chi connectivity index (χ4v) is 3.22. The topological polar surface area (TPSA) is 32.3 Å². The predicted molar refractivity (Wildman–Crippen MR) is 80.0 cm³/mol. The summed E-state index contributed by atoms with van der Waals surface area (Å²) in [5, 5.41) is 13.3. The maximum absolute atomic E-state index is 13.6. The van der Waals surface area contributed by atoms with Crippen LogP contribution in [0, 0.1) is 17.6 Å². The molecule has 1 aromatic carbocycles. The van der Waals surface area contributed by atoms with Crippen LogP contribution < -0.4 is 5.32 Å². The lowest BCUT2D eigenvalue weighted by atomic mass is 9.83. The van der Waals surface area contributed by atoms with Crippen LogP contribution in [-0.4, -0.2) is 17.7 Å². The molecule has 2 N–H and O–H groups in total. The molecule has 118 valence electrons. The minimum atomic E-state index is -0.932. The van der Waals surface area contributed by atoms with Crippen LogP contribution in [0.5, 0.6) is 0 Å². The number of aliphatic hydroxyl groups is 1. The summed E-state index contributed by atoms with van der Waals surface area (Å²) in [7, 11) is 0. The molecule has 2 nitrogen and oxygen atoms in total. The van der Waals surface area contributed by atoms with Crippen molar-refractivity contribution in [1.29, 1.82) is 0 Å². The SMILES string of the molecule is CCCC1CCC(NCC(O)c2ccc(F)cc2F)CC1. The van der Waals surface area contributed by atoms with Crippen molar-refractivity contribution in [3.8, 4) is 0 Å². The van der Waals surface area contributed by atoms with Gasteiger partial charge in [0.15, 0.2) is 0 Å². The van der Waals surface area contributed by atoms with E-state index in [4.69, 9.17) is 0 Å². The van der Waals surface area contributed by atoms with E-state index in [-0.39, 0.29) is 5.56 Å². The lowest BCUT2D eigenvalue weighted by Crippen LogP contribution is -2.36. The van der Waals surface area contributed by atoms with Gasteiger partial charge in [-0.25, -0.2) is 8.78 Å². The third kappa shape index (κ3) is 4.75. The summed E-state index contributed by atoms with van der Waals surface area (Å²) < 4.78 is 26.4. The highest BCUT2D eigenvalue weighted by molar-refractivity contribution is 5.21. The number of rotatable bonds is 6. The highest BCUT2D eigenvalue weighted by Crippen LogP contribution is 2.28. The monoisotopic (exact) mass is 297 g/mol. The average Bonchev–Trinajstić information content (AvgIpc) is 2.46. The number of hydrogen-bond acceptors (Lipinski definition) is 2. The van der Waals surface area contributed by atoms with Crippen LogP contribution in [0.4, 0.5) is 8.78 Å². The molecule has 0 bridgehead atoms. The highest BCUT2D eigenvalue weighted by Gasteiger charge is 2.21. The van der Waals surface area contributed by atoms with Gasteiger partial charge in [-0.15, -0.1) is 0 Å². The van der Waals surface area contributed by atoms with E-state index in [2.05, 4.69) is 12.2 Å². The molecule has 1 aliphatic rings. The van der Waals surface area contributed by atoms with Crippen molar-refractivity contribution in [2.24, 2.45) is 5.92 Å². The Labute approximate surface area is 125 Å². The first-order valence-corrected chi connectivity index (χ1v) is 7.96. The zero-order chi connectivity index (χ0) is 15.2. The van der Waals surface area contributed by atoms with Gasteiger partial charge in [0, 0.05) is 24.2 Å². The Bertz CT molecular complexity index is 444. The van der Waals surface area contributed by atoms with Crippen molar-refractivity contribution in [3.05, 3.63) is 35.4 Å². The highest BCUT2D eigenvalue weighted by atomic mass is 19.1. The van der Waals surface area contributed by atoms with Crippen molar-refractivity contribution in [2.75, 3.05) is 6.54 Å². The molecule has 1 unspecified atom stereocenters. The lowest BCUT2D eigenvalue weighted by molar-refractivity contribution is 0.157. The first kappa shape index (κ1) is 16.4. The van der Waals surface area contributed by atoms with Gasteiger partial charge < -0.3 is 10.4 Å². The van der Waals surface area contributed by atoms with E-state index in [1.807, 2.05) is 0 Å². The Morgan fingerprint density at radius 1 is 1.24 bits per heavy atom. The molecule has 1 saturated carbocycles.